The van der Waals surface area contributed by atoms with Crippen molar-refractivity contribution in [1.29, 1.82) is 0 Å². The van der Waals surface area contributed by atoms with Crippen LogP contribution in [0.4, 0.5) is 0 Å². The lowest BCUT2D eigenvalue weighted by Crippen LogP contribution is -2.49. The second-order valence-electron chi connectivity index (χ2n) is 3.38. The first-order chi connectivity index (χ1) is 6.68. The maximum atomic E-state index is 10.8. The molecule has 3 nitrogen and oxygen atoms in total. The Kier molecular flexibility index (Phi) is 2.56. The van der Waals surface area contributed by atoms with Crippen LogP contribution in [-0.2, 0) is 4.79 Å². The SMILES string of the molecule is O=C(O)C1CNC1c1ccc(Br)cc1. The van der Waals surface area contributed by atoms with Gasteiger partial charge in [0.25, 0.3) is 0 Å². The third-order valence-corrected chi connectivity index (χ3v) is 3.04. The topological polar surface area (TPSA) is 49.3 Å². The van der Waals surface area contributed by atoms with Gasteiger partial charge in [0.1, 0.15) is 0 Å². The van der Waals surface area contributed by atoms with E-state index in [1.807, 2.05) is 24.3 Å². The molecule has 1 heterocycles. The van der Waals surface area contributed by atoms with Gasteiger partial charge in [-0.2, -0.15) is 0 Å². The van der Waals surface area contributed by atoms with Crippen LogP contribution in [0.3, 0.4) is 0 Å². The minimum absolute atomic E-state index is 0.0272. The minimum Gasteiger partial charge on any atom is -0.481 e. The summed E-state index contributed by atoms with van der Waals surface area (Å²) in [6.45, 7) is 0.566. The lowest BCUT2D eigenvalue weighted by molar-refractivity contribution is -0.145. The maximum Gasteiger partial charge on any atom is 0.309 e. The van der Waals surface area contributed by atoms with E-state index in [1.54, 1.807) is 0 Å². The molecule has 1 aliphatic rings. The molecule has 14 heavy (non-hydrogen) atoms. The van der Waals surface area contributed by atoms with Gasteiger partial charge in [0, 0.05) is 17.1 Å². The number of nitrogens with one attached hydrogen (secondary N) is 1. The molecule has 74 valence electrons. The molecular formula is C10H10BrNO2. The Morgan fingerprint density at radius 2 is 2.07 bits per heavy atom. The van der Waals surface area contributed by atoms with Crippen molar-refractivity contribution in [3.8, 4) is 0 Å². The average Bonchev–Trinajstić information content (AvgIpc) is 2.05. The molecule has 1 aromatic carbocycles. The molecule has 2 atom stereocenters. The van der Waals surface area contributed by atoms with Crippen molar-refractivity contribution in [2.75, 3.05) is 6.54 Å². The Morgan fingerprint density at radius 1 is 1.43 bits per heavy atom. The van der Waals surface area contributed by atoms with Crippen LogP contribution in [0.25, 0.3) is 0 Å². The summed E-state index contributed by atoms with van der Waals surface area (Å²) < 4.78 is 1.01. The van der Waals surface area contributed by atoms with Crippen LogP contribution in [0.2, 0.25) is 0 Å². The summed E-state index contributed by atoms with van der Waals surface area (Å²) in [5.41, 5.74) is 1.03. The van der Waals surface area contributed by atoms with E-state index in [0.717, 1.165) is 10.0 Å². The number of hydrogen-bond acceptors (Lipinski definition) is 2. The fraction of sp³-hybridized carbons (Fsp3) is 0.300. The average molecular weight is 256 g/mol. The summed E-state index contributed by atoms with van der Waals surface area (Å²) in [5.74, 6) is -1.01. The number of carbonyl (C=O) groups is 1. The fourth-order valence-electron chi connectivity index (χ4n) is 1.60. The van der Waals surface area contributed by atoms with Gasteiger partial charge in [-0.1, -0.05) is 28.1 Å². The number of carboxylic acid groups (broad SMARTS) is 1. The van der Waals surface area contributed by atoms with Crippen LogP contribution in [-0.4, -0.2) is 17.6 Å². The Morgan fingerprint density at radius 3 is 2.50 bits per heavy atom. The van der Waals surface area contributed by atoms with Crippen molar-refractivity contribution >= 4 is 21.9 Å². The summed E-state index contributed by atoms with van der Waals surface area (Å²) in [4.78, 5) is 10.8. The van der Waals surface area contributed by atoms with Crippen LogP contribution in [0.15, 0.2) is 28.7 Å². The number of halogens is 1. The van der Waals surface area contributed by atoms with Crippen molar-refractivity contribution < 1.29 is 9.90 Å². The molecule has 1 saturated heterocycles. The van der Waals surface area contributed by atoms with E-state index in [-0.39, 0.29) is 12.0 Å². The van der Waals surface area contributed by atoms with Crippen LogP contribution in [0.1, 0.15) is 11.6 Å². The summed E-state index contributed by atoms with van der Waals surface area (Å²) in [6, 6.07) is 7.71. The highest BCUT2D eigenvalue weighted by Gasteiger charge is 2.36. The Balaban J connectivity index is 2.16. The molecule has 1 aliphatic heterocycles. The Bertz CT molecular complexity index is 350. The Labute approximate surface area is 90.3 Å². The number of rotatable bonds is 2. The molecular weight excluding hydrogens is 246 g/mol. The van der Waals surface area contributed by atoms with Gasteiger partial charge in [0.15, 0.2) is 0 Å². The van der Waals surface area contributed by atoms with Gasteiger partial charge in [0.05, 0.1) is 5.92 Å². The van der Waals surface area contributed by atoms with Gasteiger partial charge >= 0.3 is 5.97 Å². The summed E-state index contributed by atoms with van der Waals surface area (Å²) in [6.07, 6.45) is 0. The van der Waals surface area contributed by atoms with E-state index in [1.165, 1.54) is 0 Å². The third kappa shape index (κ3) is 1.67. The highest BCUT2D eigenvalue weighted by Crippen LogP contribution is 2.29. The summed E-state index contributed by atoms with van der Waals surface area (Å²) >= 11 is 3.34. The number of hydrogen-bond donors (Lipinski definition) is 2. The molecule has 1 fully saturated rings. The zero-order valence-electron chi connectivity index (χ0n) is 7.40. The van der Waals surface area contributed by atoms with Gasteiger partial charge < -0.3 is 10.4 Å². The van der Waals surface area contributed by atoms with Crippen molar-refractivity contribution in [3.05, 3.63) is 34.3 Å². The van der Waals surface area contributed by atoms with Crippen LogP contribution in [0, 0.1) is 5.92 Å². The largest absolute Gasteiger partial charge is 0.481 e. The Hall–Kier alpha value is -0.870. The molecule has 2 N–H and O–H groups in total. The fourth-order valence-corrected chi connectivity index (χ4v) is 1.87. The zero-order valence-corrected chi connectivity index (χ0v) is 8.99. The normalized spacial score (nSPS) is 25.5. The van der Waals surface area contributed by atoms with Gasteiger partial charge in [-0.3, -0.25) is 4.79 Å². The standard InChI is InChI=1S/C10H10BrNO2/c11-7-3-1-6(2-4-7)9-8(5-12-9)10(13)14/h1-4,8-9,12H,5H2,(H,13,14). The van der Waals surface area contributed by atoms with Gasteiger partial charge in [-0.15, -0.1) is 0 Å². The monoisotopic (exact) mass is 255 g/mol. The van der Waals surface area contributed by atoms with Crippen LogP contribution >= 0.6 is 15.9 Å². The molecule has 2 rings (SSSR count). The van der Waals surface area contributed by atoms with Crippen molar-refractivity contribution in [3.63, 3.8) is 0 Å². The first-order valence-electron chi connectivity index (χ1n) is 4.40. The lowest BCUT2D eigenvalue weighted by Gasteiger charge is -2.35. The van der Waals surface area contributed by atoms with Crippen molar-refractivity contribution in [1.82, 2.24) is 5.32 Å². The smallest absolute Gasteiger partial charge is 0.309 e. The summed E-state index contributed by atoms with van der Waals surface area (Å²) in [5, 5.41) is 12.0. The number of aliphatic carboxylic acids is 1. The predicted molar refractivity (Wildman–Crippen MR) is 56.0 cm³/mol. The predicted octanol–water partition coefficient (Wildman–Crippen LogP) is 1.79. The zero-order chi connectivity index (χ0) is 10.1. The van der Waals surface area contributed by atoms with Crippen LogP contribution < -0.4 is 5.32 Å². The quantitative estimate of drug-likeness (QED) is 0.848. The van der Waals surface area contributed by atoms with Gasteiger partial charge in [-0.25, -0.2) is 0 Å². The van der Waals surface area contributed by atoms with Gasteiger partial charge in [0.2, 0.25) is 0 Å². The third-order valence-electron chi connectivity index (χ3n) is 2.51. The van der Waals surface area contributed by atoms with Crippen molar-refractivity contribution in [2.45, 2.75) is 6.04 Å². The lowest BCUT2D eigenvalue weighted by atomic mass is 9.86. The molecule has 1 aromatic rings. The van der Waals surface area contributed by atoms with E-state index >= 15 is 0 Å². The van der Waals surface area contributed by atoms with E-state index in [2.05, 4.69) is 21.2 Å². The molecule has 0 saturated carbocycles. The van der Waals surface area contributed by atoms with Crippen molar-refractivity contribution in [2.24, 2.45) is 5.92 Å². The summed E-state index contributed by atoms with van der Waals surface area (Å²) in [7, 11) is 0. The van der Waals surface area contributed by atoms with E-state index in [9.17, 15) is 4.79 Å². The molecule has 0 aliphatic carbocycles. The maximum absolute atomic E-state index is 10.8. The van der Waals surface area contributed by atoms with E-state index in [0.29, 0.717) is 6.54 Å². The van der Waals surface area contributed by atoms with E-state index < -0.39 is 5.97 Å². The second kappa shape index (κ2) is 3.71. The highest BCUT2D eigenvalue weighted by atomic mass is 79.9. The molecule has 0 spiro atoms. The molecule has 0 radical (unpaired) electrons. The second-order valence-corrected chi connectivity index (χ2v) is 4.30. The molecule has 4 heteroatoms. The van der Waals surface area contributed by atoms with Crippen LogP contribution in [0.5, 0.6) is 0 Å². The molecule has 0 aromatic heterocycles. The first-order valence-corrected chi connectivity index (χ1v) is 5.19. The van der Waals surface area contributed by atoms with Gasteiger partial charge in [-0.05, 0) is 17.7 Å². The number of benzene rings is 1. The molecule has 2 unspecified atom stereocenters. The molecule has 0 bridgehead atoms. The van der Waals surface area contributed by atoms with E-state index in [4.69, 9.17) is 5.11 Å². The first kappa shape index (κ1) is 9.68. The highest BCUT2D eigenvalue weighted by molar-refractivity contribution is 9.10. The molecule has 0 amide bonds. The number of carboxylic acids is 1. The minimum atomic E-state index is -0.725.